The number of hydrogen-bond donors (Lipinski definition) is 1. The van der Waals surface area contributed by atoms with Crippen LogP contribution in [-0.2, 0) is 11.3 Å². The second-order valence-electron chi connectivity index (χ2n) is 6.67. The zero-order valence-electron chi connectivity index (χ0n) is 14.4. The fourth-order valence-electron chi connectivity index (χ4n) is 3.35. The van der Waals surface area contributed by atoms with Crippen LogP contribution in [0.2, 0.25) is 0 Å². The Morgan fingerprint density at radius 3 is 2.65 bits per heavy atom. The average molecular weight is 334 g/mol. The third-order valence-corrected chi connectivity index (χ3v) is 5.73. The zero-order chi connectivity index (χ0) is 16.6. The van der Waals surface area contributed by atoms with Crippen molar-refractivity contribution < 1.29 is 4.74 Å². The van der Waals surface area contributed by atoms with Crippen LogP contribution in [-0.4, -0.2) is 36.0 Å². The van der Waals surface area contributed by atoms with Gasteiger partial charge in [0.2, 0.25) is 0 Å². The van der Waals surface area contributed by atoms with E-state index in [9.17, 15) is 0 Å². The van der Waals surface area contributed by atoms with Gasteiger partial charge in [0, 0.05) is 42.3 Å². The lowest BCUT2D eigenvalue weighted by Crippen LogP contribution is -2.45. The second-order valence-corrected chi connectivity index (χ2v) is 7.68. The number of thiazole rings is 1. The van der Waals surface area contributed by atoms with Crippen LogP contribution < -0.4 is 10.6 Å². The van der Waals surface area contributed by atoms with E-state index in [4.69, 9.17) is 15.5 Å². The van der Waals surface area contributed by atoms with E-state index in [0.29, 0.717) is 12.5 Å². The number of aliphatic imine (C=N–C) groups is 1. The number of rotatable bonds is 3. The lowest BCUT2D eigenvalue weighted by atomic mass is 9.91. The Morgan fingerprint density at radius 2 is 2.00 bits per heavy atom. The van der Waals surface area contributed by atoms with Gasteiger partial charge in [-0.15, -0.1) is 11.3 Å². The highest BCUT2D eigenvalue weighted by molar-refractivity contribution is 7.15. The minimum atomic E-state index is 0.234. The molecule has 2 aliphatic rings. The molecule has 0 bridgehead atoms. The molecular formula is C17H26N4OS. The number of anilines is 1. The molecule has 1 aromatic heterocycles. The summed E-state index contributed by atoms with van der Waals surface area (Å²) in [6.07, 6.45) is 3.42. The van der Waals surface area contributed by atoms with Crippen molar-refractivity contribution in [3.8, 4) is 0 Å². The molecule has 2 N–H and O–H groups in total. The van der Waals surface area contributed by atoms with Gasteiger partial charge in [0.05, 0.1) is 17.9 Å². The van der Waals surface area contributed by atoms with Gasteiger partial charge in [-0.1, -0.05) is 0 Å². The summed E-state index contributed by atoms with van der Waals surface area (Å²) in [5, 5.41) is 1.08. The molecule has 23 heavy (non-hydrogen) atoms. The van der Waals surface area contributed by atoms with Crippen molar-refractivity contribution in [3.63, 3.8) is 0 Å². The first kappa shape index (κ1) is 16.6. The molecule has 5 nitrogen and oxygen atoms in total. The second kappa shape index (κ2) is 6.71. The Labute approximate surface area is 142 Å². The molecule has 1 unspecified atom stereocenters. The third-order valence-electron chi connectivity index (χ3n) is 4.45. The van der Waals surface area contributed by atoms with E-state index >= 15 is 0 Å². The normalized spacial score (nSPS) is 28.6. The minimum Gasteiger partial charge on any atom is -0.372 e. The number of morpholine rings is 1. The highest BCUT2D eigenvalue weighted by atomic mass is 32.1. The summed E-state index contributed by atoms with van der Waals surface area (Å²) < 4.78 is 5.83. The number of aromatic nitrogens is 1. The molecule has 0 amide bonds. The molecular weight excluding hydrogens is 308 g/mol. The van der Waals surface area contributed by atoms with Gasteiger partial charge in [-0.3, -0.25) is 4.99 Å². The predicted octanol–water partition coefficient (Wildman–Crippen LogP) is 3.07. The Balaban J connectivity index is 1.89. The summed E-state index contributed by atoms with van der Waals surface area (Å²) in [6, 6.07) is 0. The largest absolute Gasteiger partial charge is 0.372 e. The summed E-state index contributed by atoms with van der Waals surface area (Å²) in [4.78, 5) is 12.9. The maximum absolute atomic E-state index is 5.99. The van der Waals surface area contributed by atoms with Crippen molar-refractivity contribution in [2.24, 2.45) is 10.7 Å². The van der Waals surface area contributed by atoms with Crippen LogP contribution in [0, 0.1) is 0 Å². The lowest BCUT2D eigenvalue weighted by molar-refractivity contribution is -0.00523. The molecule has 1 fully saturated rings. The van der Waals surface area contributed by atoms with Gasteiger partial charge in [0.1, 0.15) is 0 Å². The monoisotopic (exact) mass is 334 g/mol. The summed E-state index contributed by atoms with van der Waals surface area (Å²) >= 11 is 1.79. The minimum absolute atomic E-state index is 0.234. The molecule has 3 atom stereocenters. The van der Waals surface area contributed by atoms with Gasteiger partial charge < -0.3 is 15.4 Å². The molecule has 0 spiro atoms. The summed E-state index contributed by atoms with van der Waals surface area (Å²) in [7, 11) is 0. The molecule has 1 aromatic rings. The van der Waals surface area contributed by atoms with E-state index in [1.54, 1.807) is 11.3 Å². The summed E-state index contributed by atoms with van der Waals surface area (Å²) in [5.41, 5.74) is 9.49. The fraction of sp³-hybridized carbons (Fsp3) is 0.647. The van der Waals surface area contributed by atoms with E-state index in [0.717, 1.165) is 30.3 Å². The molecule has 0 radical (unpaired) electrons. The predicted molar refractivity (Wildman–Crippen MR) is 96.5 cm³/mol. The first-order valence-corrected chi connectivity index (χ1v) is 9.09. The zero-order valence-corrected chi connectivity index (χ0v) is 15.2. The van der Waals surface area contributed by atoms with E-state index in [1.807, 2.05) is 6.20 Å². The van der Waals surface area contributed by atoms with Crippen molar-refractivity contribution >= 4 is 22.2 Å². The molecule has 126 valence electrons. The van der Waals surface area contributed by atoms with Crippen LogP contribution in [0.25, 0.3) is 0 Å². The highest BCUT2D eigenvalue weighted by Gasteiger charge is 2.28. The average Bonchev–Trinajstić information content (AvgIpc) is 2.93. The Hall–Kier alpha value is -1.24. The lowest BCUT2D eigenvalue weighted by Gasteiger charge is -2.35. The Morgan fingerprint density at radius 1 is 1.30 bits per heavy atom. The summed E-state index contributed by atoms with van der Waals surface area (Å²) in [5.74, 6) is 0.369. The van der Waals surface area contributed by atoms with Gasteiger partial charge in [-0.05, 0) is 39.7 Å². The number of nitrogens with two attached hydrogens (primary N) is 1. The topological polar surface area (TPSA) is 63.7 Å². The third kappa shape index (κ3) is 3.49. The quantitative estimate of drug-likeness (QED) is 0.923. The Kier molecular flexibility index (Phi) is 4.85. The number of hydrogen-bond acceptors (Lipinski definition) is 6. The van der Waals surface area contributed by atoms with E-state index < -0.39 is 0 Å². The van der Waals surface area contributed by atoms with Crippen molar-refractivity contribution in [2.75, 3.05) is 18.0 Å². The van der Waals surface area contributed by atoms with Gasteiger partial charge in [0.15, 0.2) is 5.13 Å². The molecule has 0 aliphatic carbocycles. The van der Waals surface area contributed by atoms with Crippen LogP contribution in [0.15, 0.2) is 16.8 Å². The van der Waals surface area contributed by atoms with E-state index in [-0.39, 0.29) is 12.2 Å². The molecule has 0 aromatic carbocycles. The standard InChI is InChI=1S/C17H26N4OS/c1-10-7-19-11(2)5-14(10)16-15(6-18)20-17(23-16)21-8-12(3)22-13(4)9-21/h7,12-14H,5-6,8-9,18H2,1-4H3/t12-,13+,14?. The van der Waals surface area contributed by atoms with Crippen LogP contribution >= 0.6 is 11.3 Å². The van der Waals surface area contributed by atoms with E-state index in [1.165, 1.54) is 16.2 Å². The first-order chi connectivity index (χ1) is 11.0. The van der Waals surface area contributed by atoms with Crippen molar-refractivity contribution in [3.05, 3.63) is 22.3 Å². The number of allylic oxidation sites excluding steroid dienone is 1. The van der Waals surface area contributed by atoms with Crippen molar-refractivity contribution in [1.82, 2.24) is 4.98 Å². The van der Waals surface area contributed by atoms with Crippen LogP contribution in [0.3, 0.4) is 0 Å². The molecule has 2 aliphatic heterocycles. The maximum atomic E-state index is 5.99. The van der Waals surface area contributed by atoms with Crippen molar-refractivity contribution in [2.45, 2.75) is 58.8 Å². The van der Waals surface area contributed by atoms with E-state index in [2.05, 4.69) is 37.6 Å². The molecule has 0 saturated carbocycles. The molecule has 3 rings (SSSR count). The smallest absolute Gasteiger partial charge is 0.186 e. The molecule has 1 saturated heterocycles. The van der Waals surface area contributed by atoms with Gasteiger partial charge in [0.25, 0.3) is 0 Å². The van der Waals surface area contributed by atoms with Gasteiger partial charge in [-0.2, -0.15) is 0 Å². The highest BCUT2D eigenvalue weighted by Crippen LogP contribution is 2.39. The van der Waals surface area contributed by atoms with Crippen molar-refractivity contribution in [1.29, 1.82) is 0 Å². The number of ether oxygens (including phenoxy) is 1. The first-order valence-electron chi connectivity index (χ1n) is 8.28. The van der Waals surface area contributed by atoms with Gasteiger partial charge >= 0.3 is 0 Å². The van der Waals surface area contributed by atoms with Crippen LogP contribution in [0.1, 0.15) is 50.6 Å². The molecule has 6 heteroatoms. The Bertz CT molecular complexity index is 627. The fourth-order valence-corrected chi connectivity index (χ4v) is 4.64. The maximum Gasteiger partial charge on any atom is 0.186 e. The SMILES string of the molecule is CC1=CN=C(C)CC1c1sc(N2C[C@@H](C)O[C@@H](C)C2)nc1CN. The van der Waals surface area contributed by atoms with Gasteiger partial charge in [-0.25, -0.2) is 4.98 Å². The van der Waals surface area contributed by atoms with Crippen LogP contribution in [0.5, 0.6) is 0 Å². The number of nitrogens with zero attached hydrogens (tertiary/aromatic N) is 3. The molecule has 3 heterocycles. The van der Waals surface area contributed by atoms with Crippen LogP contribution in [0.4, 0.5) is 5.13 Å². The summed E-state index contributed by atoms with van der Waals surface area (Å²) in [6.45, 7) is 10.7.